The minimum Gasteiger partial charge on any atom is -0.303 e. The van der Waals surface area contributed by atoms with Crippen molar-refractivity contribution in [3.05, 3.63) is 33.9 Å². The Kier molecular flexibility index (Phi) is 3.79. The van der Waals surface area contributed by atoms with Crippen molar-refractivity contribution in [3.63, 3.8) is 0 Å². The van der Waals surface area contributed by atoms with Crippen molar-refractivity contribution in [2.75, 3.05) is 13.6 Å². The van der Waals surface area contributed by atoms with Crippen LogP contribution in [-0.4, -0.2) is 24.5 Å². The molecule has 1 aromatic carbocycles. The first-order valence-corrected chi connectivity index (χ1v) is 7.65. The number of fused-ring (bicyclic) bond motifs is 1. The van der Waals surface area contributed by atoms with Gasteiger partial charge in [0.05, 0.1) is 0 Å². The van der Waals surface area contributed by atoms with Crippen molar-refractivity contribution in [2.45, 2.75) is 65.8 Å². The van der Waals surface area contributed by atoms with E-state index in [9.17, 15) is 0 Å². The van der Waals surface area contributed by atoms with Crippen LogP contribution < -0.4 is 0 Å². The molecule has 0 heterocycles. The summed E-state index contributed by atoms with van der Waals surface area (Å²) >= 11 is 0. The average Bonchev–Trinajstić information content (AvgIpc) is 2.86. The van der Waals surface area contributed by atoms with E-state index in [2.05, 4.69) is 59.6 Å². The molecule has 19 heavy (non-hydrogen) atoms. The van der Waals surface area contributed by atoms with E-state index in [1.54, 1.807) is 22.3 Å². The van der Waals surface area contributed by atoms with Gasteiger partial charge in [-0.25, -0.2) is 0 Å². The minimum absolute atomic E-state index is 0.339. The number of hydrogen-bond acceptors (Lipinski definition) is 1. The molecule has 0 N–H and O–H groups in total. The zero-order valence-corrected chi connectivity index (χ0v) is 13.7. The predicted octanol–water partition coefficient (Wildman–Crippen LogP) is 4.22. The summed E-state index contributed by atoms with van der Waals surface area (Å²) < 4.78 is 0. The van der Waals surface area contributed by atoms with Gasteiger partial charge in [0.25, 0.3) is 0 Å². The standard InChI is InChI=1S/C18H29N/c1-8-9-19(7)13(3)11-15-12(2)10-16-17(14(15)4)18(16,5)6/h10,13H,8-9,11H2,1-7H3. The van der Waals surface area contributed by atoms with Crippen molar-refractivity contribution in [2.24, 2.45) is 0 Å². The molecule has 1 aromatic rings. The van der Waals surface area contributed by atoms with E-state index in [-0.39, 0.29) is 0 Å². The molecule has 0 saturated carbocycles. The highest BCUT2D eigenvalue weighted by atomic mass is 15.1. The maximum Gasteiger partial charge on any atom is 0.0155 e. The Morgan fingerprint density at radius 1 is 1.26 bits per heavy atom. The van der Waals surface area contributed by atoms with Gasteiger partial charge in [-0.05, 0) is 75.0 Å². The highest BCUT2D eigenvalue weighted by Gasteiger charge is 2.43. The largest absolute Gasteiger partial charge is 0.303 e. The van der Waals surface area contributed by atoms with Gasteiger partial charge in [0.15, 0.2) is 0 Å². The molecule has 0 radical (unpaired) electrons. The molecular formula is C18H29N. The molecule has 0 amide bonds. The van der Waals surface area contributed by atoms with Crippen LogP contribution >= 0.6 is 0 Å². The summed E-state index contributed by atoms with van der Waals surface area (Å²) in [6, 6.07) is 3.04. The molecule has 1 aliphatic rings. The lowest BCUT2D eigenvalue weighted by Crippen LogP contribution is -2.31. The van der Waals surface area contributed by atoms with E-state index >= 15 is 0 Å². The van der Waals surface area contributed by atoms with Crippen LogP contribution in [0.25, 0.3) is 0 Å². The third-order valence-corrected chi connectivity index (χ3v) is 5.00. The first-order chi connectivity index (χ1) is 8.80. The summed E-state index contributed by atoms with van der Waals surface area (Å²) in [5.74, 6) is 0. The fourth-order valence-electron chi connectivity index (χ4n) is 3.51. The van der Waals surface area contributed by atoms with Gasteiger partial charge in [0, 0.05) is 11.5 Å². The number of likely N-dealkylation sites (N-methyl/N-ethyl adjacent to an activating group) is 1. The molecule has 106 valence electrons. The fraction of sp³-hybridized carbons (Fsp3) is 0.667. The Hall–Kier alpha value is -0.820. The topological polar surface area (TPSA) is 3.24 Å². The van der Waals surface area contributed by atoms with Gasteiger partial charge in [-0.2, -0.15) is 0 Å². The van der Waals surface area contributed by atoms with Crippen LogP contribution in [0.1, 0.15) is 61.9 Å². The lowest BCUT2D eigenvalue weighted by Gasteiger charge is -2.25. The van der Waals surface area contributed by atoms with Crippen LogP contribution in [-0.2, 0) is 11.8 Å². The first-order valence-electron chi connectivity index (χ1n) is 7.65. The van der Waals surface area contributed by atoms with Gasteiger partial charge in [0.1, 0.15) is 0 Å². The molecule has 0 aliphatic heterocycles. The predicted molar refractivity (Wildman–Crippen MR) is 84.1 cm³/mol. The molecule has 0 spiro atoms. The summed E-state index contributed by atoms with van der Waals surface area (Å²) in [5, 5.41) is 0. The van der Waals surface area contributed by atoms with Crippen LogP contribution in [0.2, 0.25) is 0 Å². The molecule has 0 saturated heterocycles. The maximum atomic E-state index is 2.48. The summed E-state index contributed by atoms with van der Waals surface area (Å²) in [4.78, 5) is 2.48. The minimum atomic E-state index is 0.339. The van der Waals surface area contributed by atoms with Crippen molar-refractivity contribution in [1.29, 1.82) is 0 Å². The lowest BCUT2D eigenvalue weighted by atomic mass is 9.96. The second-order valence-electron chi connectivity index (χ2n) is 6.88. The maximum absolute atomic E-state index is 2.48. The first kappa shape index (κ1) is 14.6. The Bertz CT molecular complexity index is 485. The smallest absolute Gasteiger partial charge is 0.0155 e. The number of nitrogens with zero attached hydrogens (tertiary/aromatic N) is 1. The Morgan fingerprint density at radius 2 is 1.89 bits per heavy atom. The van der Waals surface area contributed by atoms with Gasteiger partial charge in [0.2, 0.25) is 0 Å². The summed E-state index contributed by atoms with van der Waals surface area (Å²) in [6.07, 6.45) is 2.41. The third-order valence-electron chi connectivity index (χ3n) is 5.00. The summed E-state index contributed by atoms with van der Waals surface area (Å²) in [7, 11) is 2.25. The Morgan fingerprint density at radius 3 is 2.47 bits per heavy atom. The van der Waals surface area contributed by atoms with Crippen LogP contribution in [0.5, 0.6) is 0 Å². The van der Waals surface area contributed by atoms with Gasteiger partial charge in [-0.1, -0.05) is 26.8 Å². The number of hydrogen-bond donors (Lipinski definition) is 0. The molecule has 2 rings (SSSR count). The molecule has 1 nitrogen and oxygen atoms in total. The molecule has 0 bridgehead atoms. The quantitative estimate of drug-likeness (QED) is 0.765. The molecule has 0 aromatic heterocycles. The van der Waals surface area contributed by atoms with E-state index in [0.717, 1.165) is 0 Å². The average molecular weight is 259 g/mol. The third kappa shape index (κ3) is 2.45. The summed E-state index contributed by atoms with van der Waals surface area (Å²) in [5.41, 5.74) is 8.14. The van der Waals surface area contributed by atoms with Gasteiger partial charge in [-0.3, -0.25) is 0 Å². The van der Waals surface area contributed by atoms with Crippen molar-refractivity contribution >= 4 is 0 Å². The van der Waals surface area contributed by atoms with E-state index in [1.165, 1.54) is 24.9 Å². The zero-order valence-electron chi connectivity index (χ0n) is 13.7. The lowest BCUT2D eigenvalue weighted by molar-refractivity contribution is 0.256. The molecule has 1 unspecified atom stereocenters. The fourth-order valence-corrected chi connectivity index (χ4v) is 3.51. The second-order valence-corrected chi connectivity index (χ2v) is 6.88. The van der Waals surface area contributed by atoms with Crippen molar-refractivity contribution in [1.82, 2.24) is 4.90 Å². The Labute approximate surface area is 119 Å². The van der Waals surface area contributed by atoms with E-state index in [4.69, 9.17) is 0 Å². The van der Waals surface area contributed by atoms with E-state index in [0.29, 0.717) is 11.5 Å². The molecule has 1 heteroatoms. The molecular weight excluding hydrogens is 230 g/mol. The van der Waals surface area contributed by atoms with Crippen LogP contribution in [0.3, 0.4) is 0 Å². The zero-order chi connectivity index (χ0) is 14.4. The monoisotopic (exact) mass is 259 g/mol. The van der Waals surface area contributed by atoms with E-state index < -0.39 is 0 Å². The van der Waals surface area contributed by atoms with Gasteiger partial charge >= 0.3 is 0 Å². The molecule has 1 atom stereocenters. The summed E-state index contributed by atoms with van der Waals surface area (Å²) in [6.45, 7) is 15.1. The number of benzene rings is 1. The normalized spacial score (nSPS) is 17.5. The van der Waals surface area contributed by atoms with Gasteiger partial charge in [-0.15, -0.1) is 0 Å². The highest BCUT2D eigenvalue weighted by Crippen LogP contribution is 2.52. The van der Waals surface area contributed by atoms with E-state index in [1.807, 2.05) is 0 Å². The highest BCUT2D eigenvalue weighted by molar-refractivity contribution is 5.65. The van der Waals surface area contributed by atoms with Crippen molar-refractivity contribution in [3.8, 4) is 0 Å². The van der Waals surface area contributed by atoms with Crippen LogP contribution in [0.4, 0.5) is 0 Å². The molecule has 0 fully saturated rings. The second kappa shape index (κ2) is 4.94. The van der Waals surface area contributed by atoms with Gasteiger partial charge < -0.3 is 4.90 Å². The number of aryl methyl sites for hydroxylation is 1. The van der Waals surface area contributed by atoms with Crippen molar-refractivity contribution < 1.29 is 0 Å². The number of rotatable bonds is 5. The Balaban J connectivity index is 2.22. The SMILES string of the molecule is CCCN(C)C(C)Cc1c(C)cc2c(c1C)C2(C)C. The van der Waals surface area contributed by atoms with Crippen LogP contribution in [0.15, 0.2) is 6.07 Å². The van der Waals surface area contributed by atoms with Crippen LogP contribution in [0, 0.1) is 13.8 Å². The molecule has 1 aliphatic carbocycles.